The number of hydrogen-bond donors (Lipinski definition) is 3. The van der Waals surface area contributed by atoms with Crippen LogP contribution in [0, 0.1) is 0 Å². The molecule has 0 aromatic heterocycles. The van der Waals surface area contributed by atoms with Gasteiger partial charge in [0.2, 0.25) is 0 Å². The van der Waals surface area contributed by atoms with Crippen LogP contribution >= 0.6 is 0 Å². The van der Waals surface area contributed by atoms with E-state index in [1.807, 2.05) is 20.8 Å². The van der Waals surface area contributed by atoms with E-state index in [0.29, 0.717) is 28.4 Å². The number of anilines is 3. The number of hydrogen-bond acceptors (Lipinski definition) is 5. The van der Waals surface area contributed by atoms with E-state index < -0.39 is 0 Å². The molecule has 0 aliphatic heterocycles. The first kappa shape index (κ1) is 13.0. The molecule has 0 fully saturated rings. The second-order valence-corrected chi connectivity index (χ2v) is 4.88. The van der Waals surface area contributed by atoms with Crippen molar-refractivity contribution >= 4 is 41.9 Å². The minimum Gasteiger partial charge on any atom is -0.397 e. The molecule has 92 valence electrons. The Hall–Kier alpha value is -2.04. The van der Waals surface area contributed by atoms with Crippen molar-refractivity contribution in [3.05, 3.63) is 5.56 Å². The molecule has 1 aromatic carbocycles. The SMILES string of the molecule is C=Nc1c(N)c(N)c(C(C)(C)C)c(N=C)c1N. The minimum absolute atomic E-state index is 0.234. The number of rotatable bonds is 2. The molecule has 1 aromatic rings. The van der Waals surface area contributed by atoms with Crippen LogP contribution in [-0.4, -0.2) is 13.4 Å². The van der Waals surface area contributed by atoms with Gasteiger partial charge in [0.25, 0.3) is 0 Å². The van der Waals surface area contributed by atoms with E-state index in [0.717, 1.165) is 5.56 Å². The number of benzene rings is 1. The molecule has 0 saturated carbocycles. The quantitative estimate of drug-likeness (QED) is 0.539. The van der Waals surface area contributed by atoms with Gasteiger partial charge >= 0.3 is 0 Å². The minimum atomic E-state index is -0.234. The monoisotopic (exact) mass is 233 g/mol. The molecule has 0 aliphatic rings. The number of nitrogen functional groups attached to an aromatic ring is 3. The molecule has 0 atom stereocenters. The van der Waals surface area contributed by atoms with Crippen molar-refractivity contribution in [2.24, 2.45) is 9.98 Å². The fourth-order valence-corrected chi connectivity index (χ4v) is 1.88. The molecule has 0 amide bonds. The molecule has 0 heterocycles. The lowest BCUT2D eigenvalue weighted by Gasteiger charge is -2.26. The highest BCUT2D eigenvalue weighted by Gasteiger charge is 2.26. The van der Waals surface area contributed by atoms with E-state index in [4.69, 9.17) is 17.2 Å². The Bertz CT molecular complexity index is 483. The smallest absolute Gasteiger partial charge is 0.112 e. The first-order valence-electron chi connectivity index (χ1n) is 5.20. The molecular formula is C12H19N5. The Labute approximate surface area is 101 Å². The van der Waals surface area contributed by atoms with E-state index in [9.17, 15) is 0 Å². The average molecular weight is 233 g/mol. The molecule has 0 radical (unpaired) electrons. The Morgan fingerprint density at radius 1 is 0.824 bits per heavy atom. The summed E-state index contributed by atoms with van der Waals surface area (Å²) in [6, 6.07) is 0. The summed E-state index contributed by atoms with van der Waals surface area (Å²) in [7, 11) is 0. The Balaban J connectivity index is 3.85. The van der Waals surface area contributed by atoms with Crippen LogP contribution in [0.2, 0.25) is 0 Å². The summed E-state index contributed by atoms with van der Waals surface area (Å²) in [6.45, 7) is 13.0. The fourth-order valence-electron chi connectivity index (χ4n) is 1.88. The normalized spacial score (nSPS) is 11.2. The van der Waals surface area contributed by atoms with Gasteiger partial charge in [-0.05, 0) is 18.9 Å². The topological polar surface area (TPSA) is 103 Å². The highest BCUT2D eigenvalue weighted by atomic mass is 14.9. The lowest BCUT2D eigenvalue weighted by Crippen LogP contribution is -2.16. The molecule has 5 heteroatoms. The zero-order chi connectivity index (χ0) is 13.4. The van der Waals surface area contributed by atoms with Gasteiger partial charge in [-0.15, -0.1) is 0 Å². The van der Waals surface area contributed by atoms with Crippen LogP contribution in [0.25, 0.3) is 0 Å². The standard InChI is InChI=1S/C12H19N5/c1-12(2,3)6-7(13)8(14)11(17-5)9(15)10(6)16-4/h4-5,13-15H2,1-3H3. The zero-order valence-electron chi connectivity index (χ0n) is 10.5. The molecule has 6 N–H and O–H groups in total. The van der Waals surface area contributed by atoms with Gasteiger partial charge in [-0.3, -0.25) is 9.98 Å². The Morgan fingerprint density at radius 3 is 1.65 bits per heavy atom. The van der Waals surface area contributed by atoms with Crippen LogP contribution in [0.1, 0.15) is 26.3 Å². The largest absolute Gasteiger partial charge is 0.397 e. The van der Waals surface area contributed by atoms with Crippen molar-refractivity contribution in [2.75, 3.05) is 17.2 Å². The maximum absolute atomic E-state index is 6.03. The van der Waals surface area contributed by atoms with Gasteiger partial charge in [-0.1, -0.05) is 20.8 Å². The molecule has 1 rings (SSSR count). The van der Waals surface area contributed by atoms with Crippen LogP contribution in [0.3, 0.4) is 0 Å². The van der Waals surface area contributed by atoms with Crippen LogP contribution in [0.4, 0.5) is 28.4 Å². The molecule has 17 heavy (non-hydrogen) atoms. The van der Waals surface area contributed by atoms with Crippen molar-refractivity contribution < 1.29 is 0 Å². The maximum Gasteiger partial charge on any atom is 0.112 e. The van der Waals surface area contributed by atoms with Gasteiger partial charge in [-0.25, -0.2) is 0 Å². The number of nitrogens with two attached hydrogens (primary N) is 3. The van der Waals surface area contributed by atoms with Crippen molar-refractivity contribution in [3.63, 3.8) is 0 Å². The van der Waals surface area contributed by atoms with Gasteiger partial charge in [0, 0.05) is 5.56 Å². The van der Waals surface area contributed by atoms with Crippen LogP contribution < -0.4 is 17.2 Å². The number of nitrogens with zero attached hydrogens (tertiary/aromatic N) is 2. The predicted octanol–water partition coefficient (Wildman–Crippen LogP) is 2.39. The Kier molecular flexibility index (Phi) is 3.13. The van der Waals surface area contributed by atoms with Crippen LogP contribution in [0.5, 0.6) is 0 Å². The highest BCUT2D eigenvalue weighted by Crippen LogP contribution is 2.48. The van der Waals surface area contributed by atoms with Gasteiger partial charge < -0.3 is 17.2 Å². The van der Waals surface area contributed by atoms with Gasteiger partial charge in [0.1, 0.15) is 5.69 Å². The Morgan fingerprint density at radius 2 is 1.29 bits per heavy atom. The molecule has 0 spiro atoms. The zero-order valence-corrected chi connectivity index (χ0v) is 10.5. The molecular weight excluding hydrogens is 214 g/mol. The van der Waals surface area contributed by atoms with Gasteiger partial charge in [0.05, 0.1) is 22.7 Å². The molecule has 0 unspecified atom stereocenters. The van der Waals surface area contributed by atoms with Crippen molar-refractivity contribution in [1.29, 1.82) is 0 Å². The summed E-state index contributed by atoms with van der Waals surface area (Å²) in [5, 5.41) is 0. The van der Waals surface area contributed by atoms with E-state index >= 15 is 0 Å². The second kappa shape index (κ2) is 4.08. The summed E-state index contributed by atoms with van der Waals surface area (Å²) in [4.78, 5) is 7.74. The fraction of sp³-hybridized carbons (Fsp3) is 0.333. The number of aliphatic imine (C=N–C) groups is 2. The summed E-state index contributed by atoms with van der Waals surface area (Å²) < 4.78 is 0. The van der Waals surface area contributed by atoms with Crippen LogP contribution in [-0.2, 0) is 5.41 Å². The van der Waals surface area contributed by atoms with Crippen molar-refractivity contribution in [2.45, 2.75) is 26.2 Å². The second-order valence-electron chi connectivity index (χ2n) is 4.88. The average Bonchev–Trinajstić information content (AvgIpc) is 2.22. The lowest BCUT2D eigenvalue weighted by molar-refractivity contribution is 0.594. The summed E-state index contributed by atoms with van der Waals surface area (Å²) in [6.07, 6.45) is 0. The third-order valence-corrected chi connectivity index (χ3v) is 2.63. The van der Waals surface area contributed by atoms with Gasteiger partial charge in [-0.2, -0.15) is 0 Å². The van der Waals surface area contributed by atoms with E-state index in [1.54, 1.807) is 0 Å². The van der Waals surface area contributed by atoms with E-state index in [2.05, 4.69) is 23.4 Å². The van der Waals surface area contributed by atoms with E-state index in [1.165, 1.54) is 0 Å². The van der Waals surface area contributed by atoms with Crippen LogP contribution in [0.15, 0.2) is 9.98 Å². The molecule has 5 nitrogen and oxygen atoms in total. The first-order valence-corrected chi connectivity index (χ1v) is 5.20. The van der Waals surface area contributed by atoms with E-state index in [-0.39, 0.29) is 5.41 Å². The van der Waals surface area contributed by atoms with Gasteiger partial charge in [0.15, 0.2) is 0 Å². The molecule has 0 bridgehead atoms. The molecule has 0 saturated heterocycles. The summed E-state index contributed by atoms with van der Waals surface area (Å²) in [5.41, 5.74) is 20.5. The lowest BCUT2D eigenvalue weighted by atomic mass is 9.83. The summed E-state index contributed by atoms with van der Waals surface area (Å²) >= 11 is 0. The van der Waals surface area contributed by atoms with Crippen molar-refractivity contribution in [1.82, 2.24) is 0 Å². The first-order chi connectivity index (χ1) is 7.75. The molecule has 0 aliphatic carbocycles. The van der Waals surface area contributed by atoms with Crippen molar-refractivity contribution in [3.8, 4) is 0 Å². The maximum atomic E-state index is 6.03. The summed E-state index contributed by atoms with van der Waals surface area (Å²) in [5.74, 6) is 0. The highest BCUT2D eigenvalue weighted by molar-refractivity contribution is 5.97. The third-order valence-electron chi connectivity index (χ3n) is 2.63. The third kappa shape index (κ3) is 1.95. The predicted molar refractivity (Wildman–Crippen MR) is 76.8 cm³/mol.